The fourth-order valence-corrected chi connectivity index (χ4v) is 1.75. The Hall–Kier alpha value is 0.110. The lowest BCUT2D eigenvalue weighted by Crippen LogP contribution is -1.96. The molecule has 1 unspecified atom stereocenters. The van der Waals surface area contributed by atoms with Crippen LogP contribution in [-0.4, -0.2) is 9.70 Å². The van der Waals surface area contributed by atoms with Gasteiger partial charge in [0.2, 0.25) is 0 Å². The second-order valence-corrected chi connectivity index (χ2v) is 4.34. The summed E-state index contributed by atoms with van der Waals surface area (Å²) in [5.74, 6) is 0.775. The summed E-state index contributed by atoms with van der Waals surface area (Å²) in [7, 11) is 0. The molecule has 0 fully saturated rings. The highest BCUT2D eigenvalue weighted by atomic mass is 79.9. The number of nitrogens with zero attached hydrogens (tertiary/aromatic N) is 1. The Labute approximate surface area is 80.1 Å². The van der Waals surface area contributed by atoms with Crippen molar-refractivity contribution in [3.8, 4) is 0 Å². The van der Waals surface area contributed by atoms with Crippen LogP contribution in [-0.2, 0) is 6.42 Å². The van der Waals surface area contributed by atoms with Crippen molar-refractivity contribution in [2.24, 2.45) is 5.92 Å². The lowest BCUT2D eigenvalue weighted by atomic mass is 10.1. The number of hydrogen-bond donors (Lipinski definition) is 0. The predicted octanol–water partition coefficient (Wildman–Crippen LogP) is 3.11. The minimum absolute atomic E-state index is 0.775. The van der Waals surface area contributed by atoms with Crippen LogP contribution in [0.15, 0.2) is 12.3 Å². The van der Waals surface area contributed by atoms with Gasteiger partial charge in [0.05, 0.1) is 0 Å². The zero-order valence-corrected chi connectivity index (χ0v) is 8.99. The third-order valence-electron chi connectivity index (χ3n) is 1.64. The van der Waals surface area contributed by atoms with Crippen LogP contribution in [0.25, 0.3) is 0 Å². The van der Waals surface area contributed by atoms with Crippen molar-refractivity contribution in [2.45, 2.75) is 19.8 Å². The molecule has 0 saturated carbocycles. The maximum absolute atomic E-state index is 4.06. The maximum atomic E-state index is 4.06. The highest BCUT2D eigenvalue weighted by Crippen LogP contribution is 2.13. The first-order valence-electron chi connectivity index (χ1n) is 3.78. The van der Waals surface area contributed by atoms with E-state index in [-0.39, 0.29) is 0 Å². The molecule has 0 spiro atoms. The predicted molar refractivity (Wildman–Crippen MR) is 53.4 cm³/mol. The number of halogens is 1. The highest BCUT2D eigenvalue weighted by molar-refractivity contribution is 9.09. The van der Waals surface area contributed by atoms with Crippen LogP contribution in [0.4, 0.5) is 0 Å². The topological polar surface area (TPSA) is 12.9 Å². The van der Waals surface area contributed by atoms with Gasteiger partial charge in [0.15, 0.2) is 0 Å². The molecule has 11 heavy (non-hydrogen) atoms. The zero-order chi connectivity index (χ0) is 8.10. The fraction of sp³-hybridized carbons (Fsp3) is 0.625. The van der Waals surface area contributed by atoms with Gasteiger partial charge >= 0.3 is 0 Å². The summed E-state index contributed by atoms with van der Waals surface area (Å²) in [5, 5.41) is 1.10. The number of aromatic nitrogens is 1. The molecule has 1 heterocycles. The molecular formula is C8H12BrNS. The van der Waals surface area contributed by atoms with Crippen LogP contribution in [0.5, 0.6) is 0 Å². The summed E-state index contributed by atoms with van der Waals surface area (Å²) in [6, 6.07) is 2.10. The van der Waals surface area contributed by atoms with Crippen LogP contribution < -0.4 is 0 Å². The Balaban J connectivity index is 2.23. The molecule has 0 aliphatic rings. The molecule has 1 rings (SSSR count). The summed E-state index contributed by atoms with van der Waals surface area (Å²) in [6.07, 6.45) is 4.31. The van der Waals surface area contributed by atoms with Crippen LogP contribution in [0.2, 0.25) is 0 Å². The van der Waals surface area contributed by atoms with Crippen molar-refractivity contribution in [3.63, 3.8) is 0 Å². The standard InChI is InChI=1S/C8H12BrNS/c1-7(6-9)2-3-8-4-5-10-11-8/h4-5,7H,2-3,6H2,1H3. The molecule has 0 radical (unpaired) electrons. The van der Waals surface area contributed by atoms with Gasteiger partial charge in [0, 0.05) is 16.4 Å². The minimum atomic E-state index is 0.775. The van der Waals surface area contributed by atoms with Crippen molar-refractivity contribution in [3.05, 3.63) is 17.1 Å². The molecule has 0 aliphatic carbocycles. The van der Waals surface area contributed by atoms with Crippen LogP contribution in [0.3, 0.4) is 0 Å². The molecule has 3 heteroatoms. The Kier molecular flexibility index (Phi) is 4.08. The Morgan fingerprint density at radius 1 is 1.73 bits per heavy atom. The molecule has 62 valence electrons. The second-order valence-electron chi connectivity index (χ2n) is 2.78. The van der Waals surface area contributed by atoms with Gasteiger partial charge in [-0.2, -0.15) is 0 Å². The van der Waals surface area contributed by atoms with Gasteiger partial charge in [-0.3, -0.25) is 0 Å². The molecule has 1 atom stereocenters. The first-order valence-corrected chi connectivity index (χ1v) is 5.68. The van der Waals surface area contributed by atoms with E-state index >= 15 is 0 Å². The number of hydrogen-bond acceptors (Lipinski definition) is 2. The third-order valence-corrected chi connectivity index (χ3v) is 3.55. The van der Waals surface area contributed by atoms with E-state index in [1.54, 1.807) is 11.5 Å². The van der Waals surface area contributed by atoms with E-state index in [4.69, 9.17) is 0 Å². The van der Waals surface area contributed by atoms with Gasteiger partial charge in [-0.1, -0.05) is 22.9 Å². The normalized spacial score (nSPS) is 13.3. The van der Waals surface area contributed by atoms with E-state index in [1.807, 2.05) is 6.20 Å². The Bertz CT molecular complexity index is 186. The van der Waals surface area contributed by atoms with Gasteiger partial charge in [0.25, 0.3) is 0 Å². The van der Waals surface area contributed by atoms with Crippen LogP contribution >= 0.6 is 27.5 Å². The van der Waals surface area contributed by atoms with E-state index in [0.29, 0.717) is 0 Å². The molecular weight excluding hydrogens is 222 g/mol. The van der Waals surface area contributed by atoms with E-state index in [2.05, 4.69) is 33.3 Å². The summed E-state index contributed by atoms with van der Waals surface area (Å²) >= 11 is 5.08. The average molecular weight is 234 g/mol. The van der Waals surface area contributed by atoms with Crippen molar-refractivity contribution in [1.82, 2.24) is 4.37 Å². The third kappa shape index (κ3) is 3.34. The quantitative estimate of drug-likeness (QED) is 0.729. The summed E-state index contributed by atoms with van der Waals surface area (Å²) in [5.41, 5.74) is 0. The lowest BCUT2D eigenvalue weighted by Gasteiger charge is -2.03. The van der Waals surface area contributed by atoms with Gasteiger partial charge in [-0.05, 0) is 36.4 Å². The van der Waals surface area contributed by atoms with Crippen molar-refractivity contribution >= 4 is 27.5 Å². The van der Waals surface area contributed by atoms with Crippen molar-refractivity contribution in [2.75, 3.05) is 5.33 Å². The van der Waals surface area contributed by atoms with Crippen molar-refractivity contribution in [1.29, 1.82) is 0 Å². The highest BCUT2D eigenvalue weighted by Gasteiger charge is 2.00. The van der Waals surface area contributed by atoms with Gasteiger partial charge in [0.1, 0.15) is 0 Å². The van der Waals surface area contributed by atoms with E-state index in [1.165, 1.54) is 17.7 Å². The second kappa shape index (κ2) is 4.88. The SMILES string of the molecule is CC(CBr)CCc1ccns1. The molecule has 0 aliphatic heterocycles. The van der Waals surface area contributed by atoms with Crippen LogP contribution in [0, 0.1) is 5.92 Å². The molecule has 1 aromatic rings. The minimum Gasteiger partial charge on any atom is -0.201 e. The largest absolute Gasteiger partial charge is 0.201 e. The molecule has 1 aromatic heterocycles. The number of alkyl halides is 1. The molecule has 0 saturated heterocycles. The monoisotopic (exact) mass is 233 g/mol. The first kappa shape index (κ1) is 9.20. The summed E-state index contributed by atoms with van der Waals surface area (Å²) < 4.78 is 4.06. The van der Waals surface area contributed by atoms with Gasteiger partial charge in [-0.25, -0.2) is 4.37 Å². The smallest absolute Gasteiger partial charge is 0.0409 e. The Morgan fingerprint density at radius 3 is 3.09 bits per heavy atom. The molecule has 0 bridgehead atoms. The molecule has 0 N–H and O–H groups in total. The molecule has 0 amide bonds. The van der Waals surface area contributed by atoms with E-state index in [9.17, 15) is 0 Å². The Morgan fingerprint density at radius 2 is 2.55 bits per heavy atom. The first-order chi connectivity index (χ1) is 5.33. The maximum Gasteiger partial charge on any atom is 0.0409 e. The summed E-state index contributed by atoms with van der Waals surface area (Å²) in [4.78, 5) is 1.40. The molecule has 0 aromatic carbocycles. The van der Waals surface area contributed by atoms with Gasteiger partial charge < -0.3 is 0 Å². The average Bonchev–Trinajstić information content (AvgIpc) is 2.52. The number of aryl methyl sites for hydroxylation is 1. The van der Waals surface area contributed by atoms with Gasteiger partial charge in [-0.15, -0.1) is 0 Å². The van der Waals surface area contributed by atoms with Crippen molar-refractivity contribution < 1.29 is 0 Å². The van der Waals surface area contributed by atoms with E-state index < -0.39 is 0 Å². The lowest BCUT2D eigenvalue weighted by molar-refractivity contribution is 0.603. The van der Waals surface area contributed by atoms with Crippen LogP contribution in [0.1, 0.15) is 18.2 Å². The molecule has 1 nitrogen and oxygen atoms in total. The zero-order valence-electron chi connectivity index (χ0n) is 6.59. The fourth-order valence-electron chi connectivity index (χ4n) is 0.837. The number of rotatable bonds is 4. The van der Waals surface area contributed by atoms with E-state index in [0.717, 1.165) is 11.2 Å². The summed E-state index contributed by atoms with van der Waals surface area (Å²) in [6.45, 7) is 2.26.